The number of carbonyl (C=O) groups is 1. The summed E-state index contributed by atoms with van der Waals surface area (Å²) in [6.07, 6.45) is -0.310. The van der Waals surface area contributed by atoms with Crippen molar-refractivity contribution in [3.8, 4) is 5.75 Å². The molecule has 0 radical (unpaired) electrons. The SMILES string of the molecule is C[C@@H](CCCN)Oc1ccc(F)cc1[C@H]1C[C@H](F)CN1C(=O)OC(C)(C)C. The Bertz CT molecular complexity index is 649. The smallest absolute Gasteiger partial charge is 0.410 e. The molecule has 0 bridgehead atoms. The number of benzene rings is 1. The summed E-state index contributed by atoms with van der Waals surface area (Å²) in [4.78, 5) is 13.9. The van der Waals surface area contributed by atoms with E-state index in [4.69, 9.17) is 15.2 Å². The molecule has 1 aromatic carbocycles. The van der Waals surface area contributed by atoms with Crippen LogP contribution < -0.4 is 10.5 Å². The highest BCUT2D eigenvalue weighted by atomic mass is 19.1. The van der Waals surface area contributed by atoms with E-state index in [1.54, 1.807) is 20.8 Å². The molecule has 1 aliphatic rings. The van der Waals surface area contributed by atoms with Gasteiger partial charge in [-0.3, -0.25) is 4.90 Å². The lowest BCUT2D eigenvalue weighted by atomic mass is 10.0. The number of hydrogen-bond donors (Lipinski definition) is 1. The lowest BCUT2D eigenvalue weighted by Gasteiger charge is -2.29. The summed E-state index contributed by atoms with van der Waals surface area (Å²) in [5, 5.41) is 0. The molecular weight excluding hydrogens is 354 g/mol. The fourth-order valence-corrected chi connectivity index (χ4v) is 3.17. The normalized spacial score (nSPS) is 21.2. The lowest BCUT2D eigenvalue weighted by molar-refractivity contribution is 0.0214. The van der Waals surface area contributed by atoms with E-state index in [0.717, 1.165) is 12.8 Å². The van der Waals surface area contributed by atoms with Crippen molar-refractivity contribution in [3.63, 3.8) is 0 Å². The van der Waals surface area contributed by atoms with Gasteiger partial charge in [-0.15, -0.1) is 0 Å². The molecule has 1 aromatic rings. The summed E-state index contributed by atoms with van der Waals surface area (Å²) in [5.74, 6) is -0.00742. The third-order valence-corrected chi connectivity index (χ3v) is 4.35. The number of hydrogen-bond acceptors (Lipinski definition) is 4. The number of alkyl halides is 1. The number of nitrogens with zero attached hydrogens (tertiary/aromatic N) is 1. The van der Waals surface area contributed by atoms with Crippen LogP contribution in [0, 0.1) is 5.82 Å². The average Bonchev–Trinajstić information content (AvgIpc) is 2.95. The van der Waals surface area contributed by atoms with E-state index in [1.807, 2.05) is 6.92 Å². The number of carbonyl (C=O) groups excluding carboxylic acids is 1. The molecule has 0 aromatic heterocycles. The second-order valence-corrected chi connectivity index (χ2v) is 8.02. The summed E-state index contributed by atoms with van der Waals surface area (Å²) < 4.78 is 39.5. The van der Waals surface area contributed by atoms with Crippen LogP contribution in [0.3, 0.4) is 0 Å². The second-order valence-electron chi connectivity index (χ2n) is 8.02. The zero-order chi connectivity index (χ0) is 20.2. The van der Waals surface area contributed by atoms with Crippen LogP contribution in [0.4, 0.5) is 13.6 Å². The number of halogens is 2. The fraction of sp³-hybridized carbons (Fsp3) is 0.650. The van der Waals surface area contributed by atoms with Gasteiger partial charge in [0.25, 0.3) is 0 Å². The van der Waals surface area contributed by atoms with E-state index in [-0.39, 0.29) is 19.1 Å². The molecule has 1 fully saturated rings. The highest BCUT2D eigenvalue weighted by molar-refractivity contribution is 5.69. The quantitative estimate of drug-likeness (QED) is 0.792. The van der Waals surface area contributed by atoms with Gasteiger partial charge in [0, 0.05) is 12.0 Å². The highest BCUT2D eigenvalue weighted by Crippen LogP contribution is 2.39. The Balaban J connectivity index is 2.28. The van der Waals surface area contributed by atoms with Crippen molar-refractivity contribution in [1.29, 1.82) is 0 Å². The highest BCUT2D eigenvalue weighted by Gasteiger charge is 2.40. The molecule has 0 aliphatic carbocycles. The van der Waals surface area contributed by atoms with Crippen LogP contribution in [0.25, 0.3) is 0 Å². The van der Waals surface area contributed by atoms with Gasteiger partial charge in [0.2, 0.25) is 0 Å². The predicted molar refractivity (Wildman–Crippen MR) is 100.0 cm³/mol. The third kappa shape index (κ3) is 6.06. The molecule has 1 aliphatic heterocycles. The van der Waals surface area contributed by atoms with Crippen molar-refractivity contribution in [2.45, 2.75) is 70.9 Å². The van der Waals surface area contributed by atoms with Gasteiger partial charge in [-0.2, -0.15) is 0 Å². The summed E-state index contributed by atoms with van der Waals surface area (Å²) in [6.45, 7) is 7.62. The van der Waals surface area contributed by atoms with E-state index in [0.29, 0.717) is 17.9 Å². The zero-order valence-corrected chi connectivity index (χ0v) is 16.5. The summed E-state index contributed by atoms with van der Waals surface area (Å²) in [5.41, 5.74) is 5.29. The van der Waals surface area contributed by atoms with Crippen LogP contribution in [0.2, 0.25) is 0 Å². The Hall–Kier alpha value is -1.89. The molecule has 0 unspecified atom stereocenters. The molecular formula is C20H30F2N2O3. The van der Waals surface area contributed by atoms with Gasteiger partial charge in [-0.05, 0) is 65.3 Å². The third-order valence-electron chi connectivity index (χ3n) is 4.35. The molecule has 0 saturated carbocycles. The van der Waals surface area contributed by atoms with E-state index < -0.39 is 29.7 Å². The topological polar surface area (TPSA) is 64.8 Å². The monoisotopic (exact) mass is 384 g/mol. The average molecular weight is 384 g/mol. The van der Waals surface area contributed by atoms with Crippen LogP contribution in [0.15, 0.2) is 18.2 Å². The van der Waals surface area contributed by atoms with Crippen LogP contribution in [0.1, 0.15) is 58.6 Å². The van der Waals surface area contributed by atoms with E-state index in [9.17, 15) is 13.6 Å². The maximum atomic E-state index is 14.2. The van der Waals surface area contributed by atoms with E-state index in [1.165, 1.54) is 23.1 Å². The minimum Gasteiger partial charge on any atom is -0.490 e. The molecule has 1 heterocycles. The standard InChI is InChI=1S/C20H30F2N2O3/c1-13(6-5-9-23)26-18-8-7-14(21)10-16(18)17-11-15(22)12-24(17)19(25)27-20(2,3)4/h7-8,10,13,15,17H,5-6,9,11-12,23H2,1-4H3/t13-,15-,17+/m0/s1. The Labute approximate surface area is 159 Å². The molecule has 2 N–H and O–H groups in total. The van der Waals surface area contributed by atoms with Crippen molar-refractivity contribution in [3.05, 3.63) is 29.6 Å². The molecule has 7 heteroatoms. The van der Waals surface area contributed by atoms with Crippen molar-refractivity contribution in [1.82, 2.24) is 4.90 Å². The summed E-state index contributed by atoms with van der Waals surface area (Å²) in [7, 11) is 0. The molecule has 5 nitrogen and oxygen atoms in total. The van der Waals surface area contributed by atoms with Crippen molar-refractivity contribution in [2.75, 3.05) is 13.1 Å². The van der Waals surface area contributed by atoms with Gasteiger partial charge < -0.3 is 15.2 Å². The molecule has 27 heavy (non-hydrogen) atoms. The largest absolute Gasteiger partial charge is 0.490 e. The molecule has 2 rings (SSSR count). The van der Waals surface area contributed by atoms with Crippen LogP contribution in [0.5, 0.6) is 5.75 Å². The Morgan fingerprint density at radius 1 is 1.41 bits per heavy atom. The van der Waals surface area contributed by atoms with Gasteiger partial charge >= 0.3 is 6.09 Å². The summed E-state index contributed by atoms with van der Waals surface area (Å²) >= 11 is 0. The van der Waals surface area contributed by atoms with Crippen LogP contribution in [-0.4, -0.2) is 42.0 Å². The first kappa shape index (κ1) is 21.4. The second kappa shape index (κ2) is 8.87. The van der Waals surface area contributed by atoms with Gasteiger partial charge in [-0.25, -0.2) is 13.6 Å². The number of likely N-dealkylation sites (tertiary alicyclic amines) is 1. The van der Waals surface area contributed by atoms with Crippen LogP contribution >= 0.6 is 0 Å². The van der Waals surface area contributed by atoms with Gasteiger partial charge in [0.1, 0.15) is 23.3 Å². The minimum atomic E-state index is -1.20. The van der Waals surface area contributed by atoms with Gasteiger partial charge in [-0.1, -0.05) is 0 Å². The molecule has 1 amide bonds. The number of nitrogens with two attached hydrogens (primary N) is 1. The first-order chi connectivity index (χ1) is 12.6. The van der Waals surface area contributed by atoms with Gasteiger partial charge in [0.05, 0.1) is 18.7 Å². The van der Waals surface area contributed by atoms with Crippen molar-refractivity contribution >= 4 is 6.09 Å². The molecule has 1 saturated heterocycles. The van der Waals surface area contributed by atoms with E-state index >= 15 is 0 Å². The minimum absolute atomic E-state index is 0.0796. The molecule has 0 spiro atoms. The first-order valence-electron chi connectivity index (χ1n) is 9.40. The molecule has 3 atom stereocenters. The maximum Gasteiger partial charge on any atom is 0.410 e. The fourth-order valence-electron chi connectivity index (χ4n) is 3.17. The van der Waals surface area contributed by atoms with Crippen LogP contribution in [-0.2, 0) is 4.74 Å². The Morgan fingerprint density at radius 3 is 2.74 bits per heavy atom. The Kier molecular flexibility index (Phi) is 7.03. The van der Waals surface area contributed by atoms with Crippen molar-refractivity contribution in [2.24, 2.45) is 5.73 Å². The van der Waals surface area contributed by atoms with Gasteiger partial charge in [0.15, 0.2) is 0 Å². The maximum absolute atomic E-state index is 14.2. The number of ether oxygens (including phenoxy) is 2. The number of amides is 1. The summed E-state index contributed by atoms with van der Waals surface area (Å²) in [6, 6.07) is 3.50. The Morgan fingerprint density at radius 2 is 2.11 bits per heavy atom. The molecule has 152 valence electrons. The first-order valence-corrected chi connectivity index (χ1v) is 9.40. The predicted octanol–water partition coefficient (Wildman–Crippen LogP) is 4.35. The number of rotatable bonds is 6. The van der Waals surface area contributed by atoms with Crippen molar-refractivity contribution < 1.29 is 23.0 Å². The zero-order valence-electron chi connectivity index (χ0n) is 16.5. The lowest BCUT2D eigenvalue weighted by Crippen LogP contribution is -2.37. The van der Waals surface area contributed by atoms with E-state index in [2.05, 4.69) is 0 Å².